The van der Waals surface area contributed by atoms with Gasteiger partial charge < -0.3 is 5.32 Å². The highest BCUT2D eigenvalue weighted by molar-refractivity contribution is 6.29. The van der Waals surface area contributed by atoms with Crippen LogP contribution >= 0.6 is 11.6 Å². The molecule has 0 aliphatic rings. The summed E-state index contributed by atoms with van der Waals surface area (Å²) < 4.78 is 0. The van der Waals surface area contributed by atoms with Gasteiger partial charge in [0.2, 0.25) is 0 Å². The summed E-state index contributed by atoms with van der Waals surface area (Å²) in [6.45, 7) is 7.52. The quantitative estimate of drug-likeness (QED) is 0.833. The fourth-order valence-electron chi connectivity index (χ4n) is 1.79. The number of nitrogens with zero attached hydrogens (tertiary/aromatic N) is 2. The third-order valence-corrected chi connectivity index (χ3v) is 3.10. The fourth-order valence-corrected chi connectivity index (χ4v) is 1.97. The maximum absolute atomic E-state index is 6.08. The molecule has 0 saturated carbocycles. The summed E-state index contributed by atoms with van der Waals surface area (Å²) in [7, 11) is 0. The molecule has 1 aromatic heterocycles. The lowest BCUT2D eigenvalue weighted by Crippen LogP contribution is -2.13. The van der Waals surface area contributed by atoms with Crippen LogP contribution in [0.15, 0.2) is 36.4 Å². The molecule has 2 aromatic rings. The van der Waals surface area contributed by atoms with Crippen LogP contribution in [0.3, 0.4) is 0 Å². The van der Waals surface area contributed by atoms with Crippen LogP contribution in [-0.2, 0) is 0 Å². The summed E-state index contributed by atoms with van der Waals surface area (Å²) in [6.07, 6.45) is 1.06. The molecule has 0 bridgehead atoms. The second-order valence-electron chi connectivity index (χ2n) is 6.00. The van der Waals surface area contributed by atoms with Crippen LogP contribution in [-0.4, -0.2) is 16.5 Å². The van der Waals surface area contributed by atoms with Crippen LogP contribution in [0.25, 0.3) is 11.4 Å². The number of hydrogen-bond acceptors (Lipinski definition) is 3. The lowest BCUT2D eigenvalue weighted by atomic mass is 9.92. The van der Waals surface area contributed by atoms with E-state index in [4.69, 9.17) is 11.6 Å². The van der Waals surface area contributed by atoms with Gasteiger partial charge in [-0.05, 0) is 11.8 Å². The lowest BCUT2D eigenvalue weighted by molar-refractivity contribution is 0.389. The van der Waals surface area contributed by atoms with Gasteiger partial charge in [0.15, 0.2) is 5.82 Å². The van der Waals surface area contributed by atoms with Crippen molar-refractivity contribution in [1.29, 1.82) is 0 Å². The van der Waals surface area contributed by atoms with Crippen molar-refractivity contribution < 1.29 is 0 Å². The first kappa shape index (κ1) is 14.8. The molecule has 1 heterocycles. The summed E-state index contributed by atoms with van der Waals surface area (Å²) in [5.41, 5.74) is 1.26. The minimum absolute atomic E-state index is 0.298. The predicted molar refractivity (Wildman–Crippen MR) is 85.0 cm³/mol. The van der Waals surface area contributed by atoms with Gasteiger partial charge >= 0.3 is 0 Å². The molecule has 106 valence electrons. The van der Waals surface area contributed by atoms with E-state index in [1.54, 1.807) is 6.07 Å². The first-order valence-corrected chi connectivity index (χ1v) is 7.16. The van der Waals surface area contributed by atoms with Crippen LogP contribution in [0.2, 0.25) is 5.15 Å². The van der Waals surface area contributed by atoms with Crippen LogP contribution in [0, 0.1) is 5.41 Å². The molecular formula is C16H20ClN3. The Labute approximate surface area is 125 Å². The van der Waals surface area contributed by atoms with Gasteiger partial charge in [0.25, 0.3) is 0 Å². The molecule has 2 rings (SSSR count). The van der Waals surface area contributed by atoms with Gasteiger partial charge in [0.05, 0.1) is 0 Å². The zero-order valence-electron chi connectivity index (χ0n) is 12.2. The number of aromatic nitrogens is 2. The van der Waals surface area contributed by atoms with Gasteiger partial charge in [-0.25, -0.2) is 9.97 Å². The number of anilines is 1. The number of halogens is 1. The Balaban J connectivity index is 2.13. The first-order valence-electron chi connectivity index (χ1n) is 6.78. The Bertz CT molecular complexity index is 562. The Morgan fingerprint density at radius 3 is 2.45 bits per heavy atom. The summed E-state index contributed by atoms with van der Waals surface area (Å²) in [5.74, 6) is 1.42. The molecule has 0 aliphatic carbocycles. The Morgan fingerprint density at radius 1 is 1.10 bits per heavy atom. The van der Waals surface area contributed by atoms with Gasteiger partial charge in [-0.2, -0.15) is 0 Å². The first-order chi connectivity index (χ1) is 9.44. The number of nitrogens with one attached hydrogen (secondary N) is 1. The van der Waals surface area contributed by atoms with Crippen molar-refractivity contribution in [3.8, 4) is 11.4 Å². The van der Waals surface area contributed by atoms with Gasteiger partial charge in [-0.3, -0.25) is 0 Å². The van der Waals surface area contributed by atoms with Crippen molar-refractivity contribution in [1.82, 2.24) is 9.97 Å². The average Bonchev–Trinajstić information content (AvgIpc) is 2.37. The van der Waals surface area contributed by atoms with E-state index in [1.807, 2.05) is 30.3 Å². The standard InChI is InChI=1S/C16H20ClN3/c1-16(2,3)9-10-18-14-11-13(17)19-15(20-14)12-7-5-4-6-8-12/h4-8,11H,9-10H2,1-3H3,(H,18,19,20). The van der Waals surface area contributed by atoms with Crippen molar-refractivity contribution in [2.75, 3.05) is 11.9 Å². The summed E-state index contributed by atoms with van der Waals surface area (Å²) >= 11 is 6.08. The average molecular weight is 290 g/mol. The van der Waals surface area contributed by atoms with E-state index in [2.05, 4.69) is 36.1 Å². The summed E-state index contributed by atoms with van der Waals surface area (Å²) in [5, 5.41) is 3.77. The predicted octanol–water partition coefficient (Wildman–Crippen LogP) is 4.65. The third-order valence-electron chi connectivity index (χ3n) is 2.91. The molecule has 0 amide bonds. The monoisotopic (exact) mass is 289 g/mol. The van der Waals surface area contributed by atoms with Gasteiger partial charge in [0.1, 0.15) is 11.0 Å². The summed E-state index contributed by atoms with van der Waals surface area (Å²) in [6, 6.07) is 11.6. The molecule has 0 saturated heterocycles. The van der Waals surface area contributed by atoms with Crippen molar-refractivity contribution in [3.05, 3.63) is 41.6 Å². The molecule has 0 atom stereocenters. The van der Waals surface area contributed by atoms with Crippen LogP contribution in [0.1, 0.15) is 27.2 Å². The third kappa shape index (κ3) is 4.49. The van der Waals surface area contributed by atoms with Crippen molar-refractivity contribution in [2.45, 2.75) is 27.2 Å². The van der Waals surface area contributed by atoms with E-state index >= 15 is 0 Å². The van der Waals surface area contributed by atoms with E-state index in [1.165, 1.54) is 0 Å². The van der Waals surface area contributed by atoms with Crippen molar-refractivity contribution in [3.63, 3.8) is 0 Å². The van der Waals surface area contributed by atoms with E-state index in [-0.39, 0.29) is 0 Å². The molecule has 4 heteroatoms. The number of benzene rings is 1. The highest BCUT2D eigenvalue weighted by Crippen LogP contribution is 2.21. The minimum Gasteiger partial charge on any atom is -0.370 e. The highest BCUT2D eigenvalue weighted by atomic mass is 35.5. The maximum atomic E-state index is 6.08. The van der Waals surface area contributed by atoms with E-state index in [0.717, 1.165) is 24.3 Å². The van der Waals surface area contributed by atoms with Crippen molar-refractivity contribution >= 4 is 17.4 Å². The SMILES string of the molecule is CC(C)(C)CCNc1cc(Cl)nc(-c2ccccc2)n1. The van der Waals surface area contributed by atoms with Crippen molar-refractivity contribution in [2.24, 2.45) is 5.41 Å². The second-order valence-corrected chi connectivity index (χ2v) is 6.39. The van der Waals surface area contributed by atoms with Crippen LogP contribution in [0.4, 0.5) is 5.82 Å². The van der Waals surface area contributed by atoms with E-state index < -0.39 is 0 Å². The molecule has 0 aliphatic heterocycles. The zero-order valence-corrected chi connectivity index (χ0v) is 12.9. The van der Waals surface area contributed by atoms with Crippen LogP contribution in [0.5, 0.6) is 0 Å². The Kier molecular flexibility index (Phi) is 4.61. The van der Waals surface area contributed by atoms with Crippen LogP contribution < -0.4 is 5.32 Å². The molecule has 20 heavy (non-hydrogen) atoms. The molecule has 3 nitrogen and oxygen atoms in total. The normalized spacial score (nSPS) is 11.4. The van der Waals surface area contributed by atoms with Gasteiger partial charge in [-0.1, -0.05) is 62.7 Å². The summed E-state index contributed by atoms with van der Waals surface area (Å²) in [4.78, 5) is 8.79. The molecule has 0 radical (unpaired) electrons. The molecule has 0 fully saturated rings. The lowest BCUT2D eigenvalue weighted by Gasteiger charge is -2.18. The van der Waals surface area contributed by atoms with E-state index in [9.17, 15) is 0 Å². The van der Waals surface area contributed by atoms with Gasteiger partial charge in [0, 0.05) is 18.2 Å². The molecule has 1 N–H and O–H groups in total. The number of rotatable bonds is 4. The Hall–Kier alpha value is -1.61. The molecule has 0 spiro atoms. The molecular weight excluding hydrogens is 270 g/mol. The maximum Gasteiger partial charge on any atom is 0.163 e. The zero-order chi connectivity index (χ0) is 14.6. The smallest absolute Gasteiger partial charge is 0.163 e. The van der Waals surface area contributed by atoms with E-state index in [0.29, 0.717) is 16.4 Å². The number of hydrogen-bond donors (Lipinski definition) is 1. The molecule has 0 unspecified atom stereocenters. The molecule has 1 aromatic carbocycles. The van der Waals surface area contributed by atoms with Gasteiger partial charge in [-0.15, -0.1) is 0 Å². The minimum atomic E-state index is 0.298. The Morgan fingerprint density at radius 2 is 1.80 bits per heavy atom. The largest absolute Gasteiger partial charge is 0.370 e. The highest BCUT2D eigenvalue weighted by Gasteiger charge is 2.10. The second kappa shape index (κ2) is 6.23. The fraction of sp³-hybridized carbons (Fsp3) is 0.375. The topological polar surface area (TPSA) is 37.8 Å².